The van der Waals surface area contributed by atoms with Crippen molar-refractivity contribution in [3.05, 3.63) is 72.1 Å². The molecular weight excluding hydrogens is 592 g/mol. The van der Waals surface area contributed by atoms with Gasteiger partial charge in [-0.15, -0.1) is 0 Å². The molecule has 0 bridgehead atoms. The summed E-state index contributed by atoms with van der Waals surface area (Å²) in [5, 5.41) is 19.9. The van der Waals surface area contributed by atoms with Crippen LogP contribution in [0.25, 0.3) is 11.4 Å². The second kappa shape index (κ2) is 12.4. The normalized spacial score (nSPS) is 14.2. The molecule has 1 aliphatic rings. The molecular formula is C31H31F2N5O7. The van der Waals surface area contributed by atoms with Crippen LogP contribution in [0.2, 0.25) is 0 Å². The zero-order chi connectivity index (χ0) is 32.5. The number of ether oxygens (including phenoxy) is 3. The summed E-state index contributed by atoms with van der Waals surface area (Å²) < 4.78 is 50.7. The van der Waals surface area contributed by atoms with Gasteiger partial charge in [-0.1, -0.05) is 12.1 Å². The highest BCUT2D eigenvalue weighted by Crippen LogP contribution is 2.41. The number of aliphatic carboxylic acids is 1. The molecule has 4 aromatic rings. The van der Waals surface area contributed by atoms with Crippen molar-refractivity contribution in [2.75, 3.05) is 13.1 Å². The van der Waals surface area contributed by atoms with Crippen molar-refractivity contribution in [3.63, 3.8) is 0 Å². The van der Waals surface area contributed by atoms with Gasteiger partial charge in [0.25, 0.3) is 11.8 Å². The fraction of sp³-hybridized carbons (Fsp3) is 0.290. The summed E-state index contributed by atoms with van der Waals surface area (Å²) >= 11 is 0. The van der Waals surface area contributed by atoms with Crippen LogP contribution in [0.4, 0.5) is 8.78 Å². The van der Waals surface area contributed by atoms with E-state index in [9.17, 15) is 19.8 Å². The zero-order valence-electron chi connectivity index (χ0n) is 24.7. The first-order valence-corrected chi connectivity index (χ1v) is 14.0. The van der Waals surface area contributed by atoms with Crippen molar-refractivity contribution in [2.45, 2.75) is 38.3 Å². The van der Waals surface area contributed by atoms with Crippen molar-refractivity contribution < 1.29 is 42.8 Å². The summed E-state index contributed by atoms with van der Waals surface area (Å²) in [7, 11) is 1.81. The monoisotopic (exact) mass is 623 g/mol. The summed E-state index contributed by atoms with van der Waals surface area (Å²) in [6.07, 6.45) is 3.24. The number of rotatable bonds is 10. The Morgan fingerprint density at radius 3 is 2.36 bits per heavy atom. The molecule has 1 fully saturated rings. The van der Waals surface area contributed by atoms with Gasteiger partial charge < -0.3 is 34.7 Å². The van der Waals surface area contributed by atoms with Gasteiger partial charge in [0.15, 0.2) is 11.5 Å². The van der Waals surface area contributed by atoms with Crippen molar-refractivity contribution in [1.82, 2.24) is 19.4 Å². The zero-order valence-corrected chi connectivity index (χ0v) is 24.7. The lowest BCUT2D eigenvalue weighted by atomic mass is 9.97. The lowest BCUT2D eigenvalue weighted by molar-refractivity contribution is -0.150. The van der Waals surface area contributed by atoms with Crippen LogP contribution in [-0.4, -0.2) is 66.3 Å². The Labute approximate surface area is 256 Å². The average Bonchev–Trinajstić information content (AvgIpc) is 3.44. The minimum atomic E-state index is -1.32. The number of nitrogens with two attached hydrogens (primary N) is 1. The van der Waals surface area contributed by atoms with Crippen molar-refractivity contribution in [1.29, 1.82) is 0 Å². The number of aromatic nitrogens is 3. The number of imidazole rings is 1. The van der Waals surface area contributed by atoms with Crippen LogP contribution < -0.4 is 19.9 Å². The number of primary amides is 1. The molecule has 0 atom stereocenters. The molecule has 45 heavy (non-hydrogen) atoms. The first-order chi connectivity index (χ1) is 21.3. The maximum atomic E-state index is 15.9. The highest BCUT2D eigenvalue weighted by atomic mass is 19.1. The first kappa shape index (κ1) is 31.2. The van der Waals surface area contributed by atoms with E-state index < -0.39 is 58.4 Å². The van der Waals surface area contributed by atoms with Crippen LogP contribution >= 0.6 is 0 Å². The number of hydrogen-bond donors (Lipinski definition) is 3. The van der Waals surface area contributed by atoms with E-state index in [4.69, 9.17) is 19.9 Å². The van der Waals surface area contributed by atoms with Gasteiger partial charge in [-0.05, 0) is 57.0 Å². The second-order valence-electron chi connectivity index (χ2n) is 11.0. The summed E-state index contributed by atoms with van der Waals surface area (Å²) in [4.78, 5) is 33.3. The van der Waals surface area contributed by atoms with E-state index >= 15 is 8.78 Å². The minimum Gasteiger partial charge on any atom is -0.504 e. The number of carboxylic acid groups (broad SMARTS) is 1. The number of halogens is 2. The Balaban J connectivity index is 1.50. The molecule has 1 saturated heterocycles. The van der Waals surface area contributed by atoms with Gasteiger partial charge in [0.05, 0.1) is 0 Å². The third-order valence-electron chi connectivity index (χ3n) is 7.60. The van der Waals surface area contributed by atoms with Crippen molar-refractivity contribution in [2.24, 2.45) is 12.8 Å². The molecule has 12 nitrogen and oxygen atoms in total. The Morgan fingerprint density at radius 1 is 1.04 bits per heavy atom. The lowest BCUT2D eigenvalue weighted by Gasteiger charge is -2.40. The molecule has 0 radical (unpaired) electrons. The maximum absolute atomic E-state index is 15.9. The molecule has 2 aromatic heterocycles. The number of likely N-dealkylation sites (tertiary alicyclic amines) is 1. The smallest absolute Gasteiger partial charge is 0.323 e. The van der Waals surface area contributed by atoms with Gasteiger partial charge >= 0.3 is 5.97 Å². The Bertz CT molecular complexity index is 1750. The van der Waals surface area contributed by atoms with Crippen LogP contribution in [0.5, 0.6) is 34.8 Å². The van der Waals surface area contributed by atoms with Gasteiger partial charge in [0, 0.05) is 43.7 Å². The number of carboxylic acids is 1. The van der Waals surface area contributed by atoms with Gasteiger partial charge in [-0.2, -0.15) is 13.8 Å². The number of benzene rings is 2. The number of amides is 1. The summed E-state index contributed by atoms with van der Waals surface area (Å²) in [5.41, 5.74) is 4.80. The van der Waals surface area contributed by atoms with E-state index in [1.165, 1.54) is 6.07 Å². The molecule has 4 N–H and O–H groups in total. The number of phenols is 1. The quantitative estimate of drug-likeness (QED) is 0.223. The van der Waals surface area contributed by atoms with Crippen LogP contribution in [0, 0.1) is 11.6 Å². The highest BCUT2D eigenvalue weighted by Gasteiger charge is 2.38. The number of aromatic hydroxyl groups is 1. The molecule has 5 rings (SSSR count). The van der Waals surface area contributed by atoms with E-state index in [2.05, 4.69) is 9.97 Å². The molecule has 0 saturated carbocycles. The second-order valence-corrected chi connectivity index (χ2v) is 11.0. The third kappa shape index (κ3) is 6.50. The predicted octanol–water partition coefficient (Wildman–Crippen LogP) is 4.86. The number of piperidine rings is 1. The fourth-order valence-electron chi connectivity index (χ4n) is 4.86. The van der Waals surface area contributed by atoms with Gasteiger partial charge in [-0.3, -0.25) is 14.5 Å². The van der Waals surface area contributed by atoms with E-state index in [0.29, 0.717) is 24.5 Å². The lowest BCUT2D eigenvalue weighted by Crippen LogP contribution is -2.54. The maximum Gasteiger partial charge on any atom is 0.323 e. The minimum absolute atomic E-state index is 0.0413. The average molecular weight is 624 g/mol. The van der Waals surface area contributed by atoms with Gasteiger partial charge in [0.2, 0.25) is 23.3 Å². The number of aryl methyl sites for hydroxylation is 1. The fourth-order valence-corrected chi connectivity index (χ4v) is 4.86. The van der Waals surface area contributed by atoms with Gasteiger partial charge in [0.1, 0.15) is 23.2 Å². The molecule has 0 aliphatic carbocycles. The predicted molar refractivity (Wildman–Crippen MR) is 157 cm³/mol. The number of pyridine rings is 1. The molecule has 0 unspecified atom stereocenters. The van der Waals surface area contributed by atoms with E-state index in [1.807, 2.05) is 0 Å². The summed E-state index contributed by atoms with van der Waals surface area (Å²) in [5.74, 6) is -6.79. The van der Waals surface area contributed by atoms with Crippen LogP contribution in [0.15, 0.2) is 54.9 Å². The molecule has 236 valence electrons. The topological polar surface area (TPSA) is 162 Å². The number of carbonyl (C=O) groups is 2. The SMILES string of the molecule is Cn1ccnc1-c1cccc(Oc2nc(Oc3cc(C(N)=O)ccc3O)c(F)c(OC3CCN(C(C)(C)C(=O)O)CC3)c2F)c1. The Morgan fingerprint density at radius 2 is 1.73 bits per heavy atom. The number of nitrogens with zero attached hydrogens (tertiary/aromatic N) is 4. The molecule has 14 heteroatoms. The standard InChI is InChI=1S/C31H31F2N5O7/c1-31(2,30(41)42)38-12-9-19(10-13-38)43-25-23(32)28(44-20-6-4-5-18(15-20)27-35-11-14-37(27)3)36-29(24(25)33)45-22-16-17(26(34)40)7-8-21(22)39/h4-8,11,14-16,19,39H,9-10,12-13H2,1-3H3,(H2,34,40)(H,41,42). The number of phenolic OH excluding ortho intramolecular Hbond substituents is 1. The first-order valence-electron chi connectivity index (χ1n) is 14.0. The molecule has 0 spiro atoms. The van der Waals surface area contributed by atoms with E-state index in [-0.39, 0.29) is 29.9 Å². The summed E-state index contributed by atoms with van der Waals surface area (Å²) in [6.45, 7) is 3.77. The Hall–Kier alpha value is -5.24. The Kier molecular flexibility index (Phi) is 8.60. The van der Waals surface area contributed by atoms with Crippen molar-refractivity contribution in [3.8, 4) is 46.1 Å². The van der Waals surface area contributed by atoms with Crippen molar-refractivity contribution >= 4 is 11.9 Å². The van der Waals surface area contributed by atoms with Crippen LogP contribution in [0.1, 0.15) is 37.0 Å². The summed E-state index contributed by atoms with van der Waals surface area (Å²) in [6, 6.07) is 10.0. The van der Waals surface area contributed by atoms with E-state index in [1.54, 1.807) is 67.0 Å². The number of hydrogen-bond acceptors (Lipinski definition) is 9. The van der Waals surface area contributed by atoms with Crippen LogP contribution in [-0.2, 0) is 11.8 Å². The molecule has 1 aliphatic heterocycles. The highest BCUT2D eigenvalue weighted by molar-refractivity contribution is 5.93. The van der Waals surface area contributed by atoms with Gasteiger partial charge in [-0.25, -0.2) is 4.98 Å². The van der Waals surface area contributed by atoms with Crippen LogP contribution in [0.3, 0.4) is 0 Å². The molecule has 2 aromatic carbocycles. The largest absolute Gasteiger partial charge is 0.504 e. The van der Waals surface area contributed by atoms with E-state index in [0.717, 1.165) is 12.1 Å². The molecule has 1 amide bonds. The number of carbonyl (C=O) groups excluding carboxylic acids is 1. The molecule has 3 heterocycles. The third-order valence-corrected chi connectivity index (χ3v) is 7.60.